The molecule has 1 saturated heterocycles. The van der Waals surface area contributed by atoms with Gasteiger partial charge in [0, 0.05) is 30.9 Å². The third-order valence-electron chi connectivity index (χ3n) is 4.00. The highest BCUT2D eigenvalue weighted by Gasteiger charge is 2.18. The maximum atomic E-state index is 12.3. The van der Waals surface area contributed by atoms with Crippen molar-refractivity contribution in [2.24, 2.45) is 0 Å². The first-order chi connectivity index (χ1) is 11.7. The van der Waals surface area contributed by atoms with Gasteiger partial charge in [0.1, 0.15) is 0 Å². The van der Waals surface area contributed by atoms with Gasteiger partial charge in [-0.15, -0.1) is 0 Å². The number of nitrogens with one attached hydrogen (secondary N) is 2. The summed E-state index contributed by atoms with van der Waals surface area (Å²) in [5, 5.41) is 5.62. The average Bonchev–Trinajstić information content (AvgIpc) is 2.62. The Labute approximate surface area is 143 Å². The fourth-order valence-electron chi connectivity index (χ4n) is 2.57. The summed E-state index contributed by atoms with van der Waals surface area (Å²) in [6, 6.07) is 6.79. The quantitative estimate of drug-likeness (QED) is 0.754. The first kappa shape index (κ1) is 18.3. The molecule has 1 aliphatic heterocycles. The highest BCUT2D eigenvalue weighted by molar-refractivity contribution is 5.95. The van der Waals surface area contributed by atoms with E-state index in [0.717, 1.165) is 12.8 Å². The molecular formula is C18H27N3O3. The summed E-state index contributed by atoms with van der Waals surface area (Å²) in [6.45, 7) is 5.26. The molecule has 2 rings (SSSR count). The minimum absolute atomic E-state index is 0.00484. The van der Waals surface area contributed by atoms with Crippen molar-refractivity contribution >= 4 is 17.6 Å². The van der Waals surface area contributed by atoms with Crippen molar-refractivity contribution in [1.29, 1.82) is 0 Å². The van der Waals surface area contributed by atoms with Crippen LogP contribution in [0.2, 0.25) is 0 Å². The molecule has 1 heterocycles. The molecule has 24 heavy (non-hydrogen) atoms. The number of hydrogen-bond acceptors (Lipinski definition) is 3. The van der Waals surface area contributed by atoms with Gasteiger partial charge >= 0.3 is 6.03 Å². The Balaban J connectivity index is 1.76. The number of benzene rings is 1. The van der Waals surface area contributed by atoms with Gasteiger partial charge in [-0.1, -0.05) is 26.2 Å². The van der Waals surface area contributed by atoms with Crippen molar-refractivity contribution in [1.82, 2.24) is 10.2 Å². The van der Waals surface area contributed by atoms with Gasteiger partial charge in [-0.3, -0.25) is 4.79 Å². The number of morpholine rings is 1. The van der Waals surface area contributed by atoms with Crippen LogP contribution in [0.3, 0.4) is 0 Å². The second kappa shape index (κ2) is 9.93. The van der Waals surface area contributed by atoms with Crippen LogP contribution in [-0.4, -0.2) is 49.7 Å². The third kappa shape index (κ3) is 5.85. The molecule has 0 radical (unpaired) electrons. The van der Waals surface area contributed by atoms with Crippen LogP contribution in [0.25, 0.3) is 0 Å². The molecule has 0 unspecified atom stereocenters. The maximum absolute atomic E-state index is 12.3. The lowest BCUT2D eigenvalue weighted by molar-refractivity contribution is 0.0303. The van der Waals surface area contributed by atoms with Crippen LogP contribution in [-0.2, 0) is 4.74 Å². The van der Waals surface area contributed by atoms with Crippen LogP contribution < -0.4 is 10.6 Å². The second-order valence-corrected chi connectivity index (χ2v) is 5.92. The SMILES string of the molecule is CCCCCCNC(=O)Nc1ccc(C(=O)N2CCOCC2)cc1. The molecule has 6 heteroatoms. The highest BCUT2D eigenvalue weighted by atomic mass is 16.5. The van der Waals surface area contributed by atoms with Crippen molar-refractivity contribution in [3.8, 4) is 0 Å². The smallest absolute Gasteiger partial charge is 0.319 e. The number of urea groups is 1. The largest absolute Gasteiger partial charge is 0.378 e. The lowest BCUT2D eigenvalue weighted by atomic mass is 10.1. The lowest BCUT2D eigenvalue weighted by Crippen LogP contribution is -2.40. The normalized spacial score (nSPS) is 14.3. The zero-order valence-corrected chi connectivity index (χ0v) is 14.3. The molecular weight excluding hydrogens is 306 g/mol. The number of nitrogens with zero attached hydrogens (tertiary/aromatic N) is 1. The van der Waals surface area contributed by atoms with Crippen molar-refractivity contribution in [3.63, 3.8) is 0 Å². The molecule has 1 aliphatic rings. The maximum Gasteiger partial charge on any atom is 0.319 e. The minimum atomic E-state index is -0.209. The molecule has 0 bridgehead atoms. The topological polar surface area (TPSA) is 70.7 Å². The summed E-state index contributed by atoms with van der Waals surface area (Å²) in [4.78, 5) is 25.9. The summed E-state index contributed by atoms with van der Waals surface area (Å²) >= 11 is 0. The number of rotatable bonds is 7. The predicted molar refractivity (Wildman–Crippen MR) is 94.3 cm³/mol. The van der Waals surface area contributed by atoms with Crippen LogP contribution in [0.15, 0.2) is 24.3 Å². The van der Waals surface area contributed by atoms with E-state index in [-0.39, 0.29) is 11.9 Å². The van der Waals surface area contributed by atoms with Crippen molar-refractivity contribution in [2.45, 2.75) is 32.6 Å². The molecule has 0 aliphatic carbocycles. The van der Waals surface area contributed by atoms with E-state index < -0.39 is 0 Å². The number of hydrogen-bond donors (Lipinski definition) is 2. The molecule has 1 aromatic rings. The molecule has 1 aromatic carbocycles. The Morgan fingerprint density at radius 1 is 1.08 bits per heavy atom. The fraction of sp³-hybridized carbons (Fsp3) is 0.556. The Bertz CT molecular complexity index is 525. The van der Waals surface area contributed by atoms with Gasteiger partial charge in [-0.05, 0) is 30.7 Å². The Morgan fingerprint density at radius 2 is 1.79 bits per heavy atom. The second-order valence-electron chi connectivity index (χ2n) is 5.92. The molecule has 0 saturated carbocycles. The third-order valence-corrected chi connectivity index (χ3v) is 4.00. The summed E-state index contributed by atoms with van der Waals surface area (Å²) in [6.07, 6.45) is 4.51. The summed E-state index contributed by atoms with van der Waals surface area (Å²) in [7, 11) is 0. The van der Waals surface area contributed by atoms with Gasteiger partial charge < -0.3 is 20.3 Å². The number of carbonyl (C=O) groups is 2. The lowest BCUT2D eigenvalue weighted by Gasteiger charge is -2.26. The molecule has 0 aromatic heterocycles. The summed E-state index contributed by atoms with van der Waals surface area (Å²) in [5.74, 6) is 0.00484. The van der Waals surface area contributed by atoms with Crippen molar-refractivity contribution in [2.75, 3.05) is 38.2 Å². The molecule has 3 amide bonds. The summed E-state index contributed by atoms with van der Waals surface area (Å²) < 4.78 is 5.25. The molecule has 0 atom stereocenters. The first-order valence-corrected chi connectivity index (χ1v) is 8.72. The van der Waals surface area contributed by atoms with Crippen molar-refractivity contribution < 1.29 is 14.3 Å². The van der Waals surface area contributed by atoms with Gasteiger partial charge in [0.2, 0.25) is 0 Å². The fourth-order valence-corrected chi connectivity index (χ4v) is 2.57. The van der Waals surface area contributed by atoms with E-state index in [4.69, 9.17) is 4.74 Å². The van der Waals surface area contributed by atoms with Gasteiger partial charge in [-0.2, -0.15) is 0 Å². The van der Waals surface area contributed by atoms with Crippen LogP contribution in [0.1, 0.15) is 43.0 Å². The van der Waals surface area contributed by atoms with E-state index in [1.807, 2.05) is 0 Å². The van der Waals surface area contributed by atoms with Crippen molar-refractivity contribution in [3.05, 3.63) is 29.8 Å². The van der Waals surface area contributed by atoms with Gasteiger partial charge in [0.05, 0.1) is 13.2 Å². The number of ether oxygens (including phenoxy) is 1. The van der Waals surface area contributed by atoms with E-state index in [2.05, 4.69) is 17.6 Å². The van der Waals surface area contributed by atoms with E-state index in [9.17, 15) is 9.59 Å². The molecule has 132 valence electrons. The molecule has 2 N–H and O–H groups in total. The Kier molecular flexibility index (Phi) is 7.55. The zero-order valence-electron chi connectivity index (χ0n) is 14.3. The average molecular weight is 333 g/mol. The standard InChI is InChI=1S/C18H27N3O3/c1-2-3-4-5-10-19-18(23)20-16-8-6-15(7-9-16)17(22)21-11-13-24-14-12-21/h6-9H,2-5,10-14H2,1H3,(H2,19,20,23). The molecule has 1 fully saturated rings. The van der Waals surface area contributed by atoms with Gasteiger partial charge in [0.25, 0.3) is 5.91 Å². The van der Waals surface area contributed by atoms with Gasteiger partial charge in [-0.25, -0.2) is 4.79 Å². The highest BCUT2D eigenvalue weighted by Crippen LogP contribution is 2.12. The molecule has 6 nitrogen and oxygen atoms in total. The van der Waals surface area contributed by atoms with E-state index in [1.165, 1.54) is 12.8 Å². The van der Waals surface area contributed by atoms with E-state index in [1.54, 1.807) is 29.2 Å². The van der Waals surface area contributed by atoms with Crippen LogP contribution in [0, 0.1) is 0 Å². The molecule has 0 spiro atoms. The minimum Gasteiger partial charge on any atom is -0.378 e. The summed E-state index contributed by atoms with van der Waals surface area (Å²) in [5.41, 5.74) is 1.31. The van der Waals surface area contributed by atoms with Crippen LogP contribution in [0.4, 0.5) is 10.5 Å². The Hall–Kier alpha value is -2.08. The predicted octanol–water partition coefficient (Wildman–Crippen LogP) is 2.86. The monoisotopic (exact) mass is 333 g/mol. The number of carbonyl (C=O) groups excluding carboxylic acids is 2. The number of anilines is 1. The van der Waals surface area contributed by atoms with Crippen LogP contribution >= 0.6 is 0 Å². The van der Waals surface area contributed by atoms with Gasteiger partial charge in [0.15, 0.2) is 0 Å². The first-order valence-electron chi connectivity index (χ1n) is 8.72. The Morgan fingerprint density at radius 3 is 2.46 bits per heavy atom. The number of unbranched alkanes of at least 4 members (excludes halogenated alkanes) is 3. The van der Waals surface area contributed by atoms with E-state index in [0.29, 0.717) is 44.1 Å². The van der Waals surface area contributed by atoms with E-state index >= 15 is 0 Å². The van der Waals surface area contributed by atoms with Crippen LogP contribution in [0.5, 0.6) is 0 Å². The number of amides is 3. The zero-order chi connectivity index (χ0) is 17.2.